The Hall–Kier alpha value is -2.35. The van der Waals surface area contributed by atoms with Crippen molar-refractivity contribution in [3.8, 4) is 6.07 Å². The fraction of sp³-hybridized carbons (Fsp3) is 0.438. The summed E-state index contributed by atoms with van der Waals surface area (Å²) in [4.78, 5) is 16.6. The lowest BCUT2D eigenvalue weighted by Crippen LogP contribution is -2.36. The van der Waals surface area contributed by atoms with Gasteiger partial charge in [-0.05, 0) is 25.0 Å². The zero-order valence-electron chi connectivity index (χ0n) is 12.5. The molecule has 5 nitrogen and oxygen atoms in total. The van der Waals surface area contributed by atoms with Crippen molar-refractivity contribution in [2.24, 2.45) is 0 Å². The lowest BCUT2D eigenvalue weighted by atomic mass is 10.2. The summed E-state index contributed by atoms with van der Waals surface area (Å²) >= 11 is 0. The number of carbonyl (C=O) groups is 1. The van der Waals surface area contributed by atoms with E-state index in [1.54, 1.807) is 0 Å². The summed E-state index contributed by atoms with van der Waals surface area (Å²) in [7, 11) is 0. The molecule has 1 heterocycles. The van der Waals surface area contributed by atoms with Gasteiger partial charge in [0.25, 0.3) is 0 Å². The number of nitriles is 1. The van der Waals surface area contributed by atoms with E-state index in [1.807, 2.05) is 28.8 Å². The Morgan fingerprint density at radius 3 is 2.76 bits per heavy atom. The molecular formula is C16H20N4O. The van der Waals surface area contributed by atoms with E-state index in [0.717, 1.165) is 23.9 Å². The third-order valence-corrected chi connectivity index (χ3v) is 3.62. The van der Waals surface area contributed by atoms with Crippen LogP contribution < -0.4 is 5.32 Å². The third-order valence-electron chi connectivity index (χ3n) is 3.62. The first kappa shape index (κ1) is 15.0. The van der Waals surface area contributed by atoms with Crippen molar-refractivity contribution in [3.05, 3.63) is 30.1 Å². The first-order chi connectivity index (χ1) is 10.2. The van der Waals surface area contributed by atoms with Crippen molar-refractivity contribution >= 4 is 16.9 Å². The van der Waals surface area contributed by atoms with Crippen LogP contribution in [-0.2, 0) is 17.8 Å². The number of aromatic nitrogens is 2. The topological polar surface area (TPSA) is 70.7 Å². The SMILES string of the molecule is CCC(CC)NC(=O)Cn1c(CC#N)nc2ccccc21. The fourth-order valence-corrected chi connectivity index (χ4v) is 2.42. The van der Waals surface area contributed by atoms with E-state index in [-0.39, 0.29) is 24.9 Å². The molecule has 0 unspecified atom stereocenters. The number of benzene rings is 1. The number of rotatable bonds is 6. The van der Waals surface area contributed by atoms with Crippen LogP contribution in [0.1, 0.15) is 32.5 Å². The van der Waals surface area contributed by atoms with E-state index in [9.17, 15) is 4.79 Å². The molecule has 0 bridgehead atoms. The van der Waals surface area contributed by atoms with Crippen molar-refractivity contribution in [2.45, 2.75) is 45.7 Å². The standard InChI is InChI=1S/C16H20N4O/c1-3-12(4-2)18-16(21)11-20-14-8-6-5-7-13(14)19-15(20)9-10-17/h5-8,12H,3-4,9,11H2,1-2H3,(H,18,21). The van der Waals surface area contributed by atoms with Crippen molar-refractivity contribution in [2.75, 3.05) is 0 Å². The van der Waals surface area contributed by atoms with Crippen molar-refractivity contribution in [1.82, 2.24) is 14.9 Å². The number of hydrogen-bond acceptors (Lipinski definition) is 3. The molecule has 2 rings (SSSR count). The molecule has 0 aliphatic carbocycles. The van der Waals surface area contributed by atoms with Gasteiger partial charge in [-0.2, -0.15) is 5.26 Å². The summed E-state index contributed by atoms with van der Waals surface area (Å²) < 4.78 is 1.83. The van der Waals surface area contributed by atoms with Crippen LogP contribution in [0.15, 0.2) is 24.3 Å². The molecule has 0 aliphatic heterocycles. The highest BCUT2D eigenvalue weighted by molar-refractivity contribution is 5.81. The average molecular weight is 284 g/mol. The Bertz CT molecular complexity index is 664. The Labute approximate surface area is 124 Å². The Morgan fingerprint density at radius 2 is 2.10 bits per heavy atom. The number of carbonyl (C=O) groups excluding carboxylic acids is 1. The monoisotopic (exact) mass is 284 g/mol. The molecule has 1 N–H and O–H groups in total. The minimum atomic E-state index is -0.0361. The molecule has 0 atom stereocenters. The van der Waals surface area contributed by atoms with Gasteiger partial charge in [0.15, 0.2) is 0 Å². The molecule has 1 amide bonds. The second kappa shape index (κ2) is 6.89. The summed E-state index contributed by atoms with van der Waals surface area (Å²) in [5.74, 6) is 0.601. The van der Waals surface area contributed by atoms with Crippen LogP contribution in [-0.4, -0.2) is 21.5 Å². The summed E-state index contributed by atoms with van der Waals surface area (Å²) in [5, 5.41) is 11.9. The van der Waals surface area contributed by atoms with Gasteiger partial charge in [-0.25, -0.2) is 4.98 Å². The summed E-state index contributed by atoms with van der Waals surface area (Å²) in [6.07, 6.45) is 2.03. The maximum atomic E-state index is 12.2. The second-order valence-electron chi connectivity index (χ2n) is 5.02. The Balaban J connectivity index is 2.26. The van der Waals surface area contributed by atoms with E-state index >= 15 is 0 Å². The molecule has 2 aromatic rings. The minimum Gasteiger partial charge on any atom is -0.352 e. The Morgan fingerprint density at radius 1 is 1.38 bits per heavy atom. The van der Waals surface area contributed by atoms with Gasteiger partial charge in [0.1, 0.15) is 12.4 Å². The number of nitrogens with zero attached hydrogens (tertiary/aromatic N) is 3. The maximum absolute atomic E-state index is 12.2. The third kappa shape index (κ3) is 3.40. The first-order valence-corrected chi connectivity index (χ1v) is 7.30. The highest BCUT2D eigenvalue weighted by atomic mass is 16.2. The maximum Gasteiger partial charge on any atom is 0.240 e. The van der Waals surface area contributed by atoms with Gasteiger partial charge in [0, 0.05) is 6.04 Å². The molecule has 1 aromatic heterocycles. The van der Waals surface area contributed by atoms with Crippen LogP contribution in [0.2, 0.25) is 0 Å². The lowest BCUT2D eigenvalue weighted by molar-refractivity contribution is -0.122. The molecule has 0 fully saturated rings. The number of nitrogens with one attached hydrogen (secondary N) is 1. The van der Waals surface area contributed by atoms with Crippen LogP contribution in [0, 0.1) is 11.3 Å². The van der Waals surface area contributed by atoms with E-state index in [1.165, 1.54) is 0 Å². The molecule has 5 heteroatoms. The molecule has 0 saturated heterocycles. The molecule has 110 valence electrons. The van der Waals surface area contributed by atoms with Crippen molar-refractivity contribution < 1.29 is 4.79 Å². The largest absolute Gasteiger partial charge is 0.352 e. The van der Waals surface area contributed by atoms with Gasteiger partial charge in [-0.15, -0.1) is 0 Å². The number of hydrogen-bond donors (Lipinski definition) is 1. The molecule has 0 spiro atoms. The van der Waals surface area contributed by atoms with Gasteiger partial charge in [0.05, 0.1) is 23.5 Å². The molecular weight excluding hydrogens is 264 g/mol. The predicted octanol–water partition coefficient (Wildman–Crippen LogP) is 2.41. The van der Waals surface area contributed by atoms with E-state index in [2.05, 4.69) is 30.2 Å². The molecule has 21 heavy (non-hydrogen) atoms. The van der Waals surface area contributed by atoms with Crippen LogP contribution in [0.4, 0.5) is 0 Å². The van der Waals surface area contributed by atoms with Gasteiger partial charge < -0.3 is 9.88 Å². The lowest BCUT2D eigenvalue weighted by Gasteiger charge is -2.15. The zero-order chi connectivity index (χ0) is 15.2. The summed E-state index contributed by atoms with van der Waals surface area (Å²) in [6, 6.07) is 9.94. The zero-order valence-corrected chi connectivity index (χ0v) is 12.5. The number of fused-ring (bicyclic) bond motifs is 1. The Kier molecular flexibility index (Phi) is 4.94. The van der Waals surface area contributed by atoms with Gasteiger partial charge in [0.2, 0.25) is 5.91 Å². The van der Waals surface area contributed by atoms with E-state index < -0.39 is 0 Å². The average Bonchev–Trinajstić information content (AvgIpc) is 2.83. The van der Waals surface area contributed by atoms with Crippen molar-refractivity contribution in [1.29, 1.82) is 5.26 Å². The quantitative estimate of drug-likeness (QED) is 0.885. The van der Waals surface area contributed by atoms with Crippen molar-refractivity contribution in [3.63, 3.8) is 0 Å². The molecule has 0 radical (unpaired) electrons. The smallest absolute Gasteiger partial charge is 0.240 e. The van der Waals surface area contributed by atoms with E-state index in [0.29, 0.717) is 5.82 Å². The fourth-order valence-electron chi connectivity index (χ4n) is 2.42. The number of amides is 1. The van der Waals surface area contributed by atoms with Gasteiger partial charge in [-0.3, -0.25) is 4.79 Å². The normalized spacial score (nSPS) is 10.8. The first-order valence-electron chi connectivity index (χ1n) is 7.30. The van der Waals surface area contributed by atoms with E-state index in [4.69, 9.17) is 5.26 Å². The minimum absolute atomic E-state index is 0.0361. The van der Waals surface area contributed by atoms with Crippen LogP contribution in [0.3, 0.4) is 0 Å². The molecule has 0 saturated carbocycles. The second-order valence-corrected chi connectivity index (χ2v) is 5.02. The summed E-state index contributed by atoms with van der Waals surface area (Å²) in [6.45, 7) is 4.32. The number of para-hydroxylation sites is 2. The highest BCUT2D eigenvalue weighted by Gasteiger charge is 2.14. The summed E-state index contributed by atoms with van der Waals surface area (Å²) in [5.41, 5.74) is 1.71. The van der Waals surface area contributed by atoms with Crippen LogP contribution in [0.25, 0.3) is 11.0 Å². The van der Waals surface area contributed by atoms with Gasteiger partial charge >= 0.3 is 0 Å². The van der Waals surface area contributed by atoms with Gasteiger partial charge in [-0.1, -0.05) is 26.0 Å². The van der Waals surface area contributed by atoms with Crippen LogP contribution in [0.5, 0.6) is 0 Å². The molecule has 0 aliphatic rings. The predicted molar refractivity (Wildman–Crippen MR) is 81.6 cm³/mol. The van der Waals surface area contributed by atoms with Crippen LogP contribution >= 0.6 is 0 Å². The number of imidazole rings is 1. The molecule has 1 aromatic carbocycles. The highest BCUT2D eigenvalue weighted by Crippen LogP contribution is 2.16.